The summed E-state index contributed by atoms with van der Waals surface area (Å²) in [5, 5.41) is 0.933. The summed E-state index contributed by atoms with van der Waals surface area (Å²) in [6, 6.07) is 14.2. The Labute approximate surface area is 180 Å². The summed E-state index contributed by atoms with van der Waals surface area (Å²) in [5.74, 6) is 0.0999. The molecule has 0 aliphatic heterocycles. The molecule has 0 aliphatic rings. The molecule has 0 radical (unpaired) electrons. The first kappa shape index (κ1) is 21.1. The number of esters is 1. The number of rotatable bonds is 7. The molecule has 2 aromatic heterocycles. The van der Waals surface area contributed by atoms with E-state index in [-0.39, 0.29) is 11.5 Å². The number of fused-ring (bicyclic) bond motifs is 2. The van der Waals surface area contributed by atoms with Crippen LogP contribution in [0.3, 0.4) is 0 Å². The third-order valence-electron chi connectivity index (χ3n) is 5.11. The van der Waals surface area contributed by atoms with Crippen LogP contribution < -0.4 is 0 Å². The van der Waals surface area contributed by atoms with Gasteiger partial charge in [-0.05, 0) is 36.8 Å². The van der Waals surface area contributed by atoms with Crippen LogP contribution in [0, 0.1) is 0 Å². The summed E-state index contributed by atoms with van der Waals surface area (Å²) in [6.45, 7) is 2.70. The summed E-state index contributed by atoms with van der Waals surface area (Å²) in [5.41, 5.74) is 2.59. The van der Waals surface area contributed by atoms with Crippen molar-refractivity contribution in [3.63, 3.8) is 0 Å². The first-order chi connectivity index (χ1) is 14.8. The van der Waals surface area contributed by atoms with Gasteiger partial charge in [-0.25, -0.2) is 22.5 Å². The van der Waals surface area contributed by atoms with Gasteiger partial charge in [-0.1, -0.05) is 25.1 Å². The maximum Gasteiger partial charge on any atom is 0.355 e. The van der Waals surface area contributed by atoms with Crippen molar-refractivity contribution < 1.29 is 17.9 Å². The van der Waals surface area contributed by atoms with Crippen LogP contribution in [0.1, 0.15) is 29.7 Å². The van der Waals surface area contributed by atoms with Crippen molar-refractivity contribution in [2.45, 2.75) is 31.4 Å². The largest absolute Gasteiger partial charge is 0.453 e. The highest BCUT2D eigenvalue weighted by atomic mass is 32.2. The number of carbonyl (C=O) groups excluding carboxylic acids is 1. The van der Waals surface area contributed by atoms with Gasteiger partial charge in [-0.3, -0.25) is 0 Å². The highest BCUT2D eigenvalue weighted by Gasteiger charge is 2.20. The van der Waals surface area contributed by atoms with Gasteiger partial charge < -0.3 is 14.3 Å². The molecule has 31 heavy (non-hydrogen) atoms. The highest BCUT2D eigenvalue weighted by molar-refractivity contribution is 7.89. The van der Waals surface area contributed by atoms with Gasteiger partial charge in [0.05, 0.1) is 15.9 Å². The summed E-state index contributed by atoms with van der Waals surface area (Å²) in [4.78, 5) is 20.4. The average Bonchev–Trinajstić information content (AvgIpc) is 3.33. The van der Waals surface area contributed by atoms with Crippen LogP contribution in [0.5, 0.6) is 0 Å². The van der Waals surface area contributed by atoms with E-state index in [0.29, 0.717) is 23.6 Å². The van der Waals surface area contributed by atoms with E-state index in [1.54, 1.807) is 24.3 Å². The number of hydrogen-bond donors (Lipinski definition) is 1. The molecule has 0 saturated heterocycles. The highest BCUT2D eigenvalue weighted by Crippen LogP contribution is 2.23. The zero-order valence-electron chi connectivity index (χ0n) is 17.6. The number of hydrogen-bond acceptors (Lipinski definition) is 5. The maximum atomic E-state index is 12.6. The molecule has 1 N–H and O–H groups in total. The van der Waals surface area contributed by atoms with Gasteiger partial charge in [0.25, 0.3) is 0 Å². The predicted octanol–water partition coefficient (Wildman–Crippen LogP) is 3.53. The Morgan fingerprint density at radius 3 is 2.65 bits per heavy atom. The maximum absolute atomic E-state index is 12.6. The van der Waals surface area contributed by atoms with E-state index < -0.39 is 16.0 Å². The zero-order valence-corrected chi connectivity index (χ0v) is 18.4. The number of sulfonamides is 1. The second-order valence-corrected chi connectivity index (χ2v) is 9.62. The Bertz CT molecular complexity index is 1340. The summed E-state index contributed by atoms with van der Waals surface area (Å²) < 4.78 is 33.6. The van der Waals surface area contributed by atoms with Gasteiger partial charge in [0.2, 0.25) is 10.0 Å². The molecule has 0 spiro atoms. The Balaban J connectivity index is 1.62. The SMILES string of the molecule is CCCn1c(COC(=O)c2cc3ccccc3[nH]2)nc2cc(S(=O)(=O)N(C)C)ccc21. The van der Waals surface area contributed by atoms with Crippen molar-refractivity contribution in [3.8, 4) is 0 Å². The van der Waals surface area contributed by atoms with Crippen molar-refractivity contribution >= 4 is 37.9 Å². The van der Waals surface area contributed by atoms with E-state index in [4.69, 9.17) is 4.74 Å². The number of benzene rings is 2. The molecule has 4 rings (SSSR count). The Kier molecular flexibility index (Phi) is 5.55. The molecule has 0 atom stereocenters. The van der Waals surface area contributed by atoms with Gasteiger partial charge in [0.1, 0.15) is 18.1 Å². The lowest BCUT2D eigenvalue weighted by Gasteiger charge is -2.11. The fourth-order valence-electron chi connectivity index (χ4n) is 3.51. The fourth-order valence-corrected chi connectivity index (χ4v) is 4.43. The number of carbonyl (C=O) groups is 1. The van der Waals surface area contributed by atoms with Crippen molar-refractivity contribution in [2.24, 2.45) is 0 Å². The number of aromatic nitrogens is 3. The number of aryl methyl sites for hydroxylation is 1. The lowest BCUT2D eigenvalue weighted by Crippen LogP contribution is -2.22. The molecule has 0 fully saturated rings. The molecule has 0 aliphatic carbocycles. The third kappa shape index (κ3) is 3.94. The molecule has 2 aromatic carbocycles. The smallest absolute Gasteiger partial charge is 0.355 e. The van der Waals surface area contributed by atoms with Crippen LogP contribution in [-0.4, -0.2) is 47.3 Å². The molecule has 0 amide bonds. The topological polar surface area (TPSA) is 97.3 Å². The lowest BCUT2D eigenvalue weighted by atomic mass is 10.2. The molecule has 0 bridgehead atoms. The second kappa shape index (κ2) is 8.16. The van der Waals surface area contributed by atoms with Gasteiger partial charge in [0, 0.05) is 31.5 Å². The molecule has 0 saturated carbocycles. The summed E-state index contributed by atoms with van der Waals surface area (Å²) in [7, 11) is -0.584. The van der Waals surface area contributed by atoms with Crippen LogP contribution in [0.25, 0.3) is 21.9 Å². The normalized spacial score (nSPS) is 12.1. The van der Waals surface area contributed by atoms with Crippen molar-refractivity contribution in [1.29, 1.82) is 0 Å². The Hall–Kier alpha value is -3.17. The molecule has 9 heteroatoms. The molecule has 0 unspecified atom stereocenters. The van der Waals surface area contributed by atoms with E-state index in [1.165, 1.54) is 18.4 Å². The van der Waals surface area contributed by atoms with Crippen LogP contribution in [0.4, 0.5) is 0 Å². The van der Waals surface area contributed by atoms with Gasteiger partial charge >= 0.3 is 5.97 Å². The van der Waals surface area contributed by atoms with E-state index in [0.717, 1.165) is 22.8 Å². The number of H-pyrrole nitrogens is 1. The Morgan fingerprint density at radius 2 is 1.94 bits per heavy atom. The Morgan fingerprint density at radius 1 is 1.16 bits per heavy atom. The number of aromatic amines is 1. The zero-order chi connectivity index (χ0) is 22.2. The molecule has 4 aromatic rings. The fraction of sp³-hybridized carbons (Fsp3) is 0.273. The number of nitrogens with zero attached hydrogens (tertiary/aromatic N) is 3. The summed E-state index contributed by atoms with van der Waals surface area (Å²) >= 11 is 0. The second-order valence-electron chi connectivity index (χ2n) is 7.46. The van der Waals surface area contributed by atoms with Crippen molar-refractivity contribution in [2.75, 3.05) is 14.1 Å². The van der Waals surface area contributed by atoms with Crippen molar-refractivity contribution in [3.05, 3.63) is 60.0 Å². The van der Waals surface area contributed by atoms with E-state index >= 15 is 0 Å². The average molecular weight is 441 g/mol. The van der Waals surface area contributed by atoms with E-state index in [1.807, 2.05) is 35.8 Å². The molecule has 162 valence electrons. The van der Waals surface area contributed by atoms with Crippen LogP contribution >= 0.6 is 0 Å². The minimum atomic E-state index is -3.56. The number of ether oxygens (including phenoxy) is 1. The van der Waals surface area contributed by atoms with Gasteiger partial charge in [0.15, 0.2) is 0 Å². The monoisotopic (exact) mass is 440 g/mol. The minimum Gasteiger partial charge on any atom is -0.453 e. The quantitative estimate of drug-likeness (QED) is 0.444. The molecule has 8 nitrogen and oxygen atoms in total. The van der Waals surface area contributed by atoms with Crippen molar-refractivity contribution in [1.82, 2.24) is 18.8 Å². The standard InChI is InChI=1S/C22H24N4O4S/c1-4-11-26-20-10-9-16(31(28,29)25(2)3)13-18(20)24-21(26)14-30-22(27)19-12-15-7-5-6-8-17(15)23-19/h5-10,12-13,23H,4,11,14H2,1-3H3. The van der Waals surface area contributed by atoms with E-state index in [9.17, 15) is 13.2 Å². The number of para-hydroxylation sites is 1. The minimum absolute atomic E-state index is 0.0152. The molecular formula is C22H24N4O4S. The van der Waals surface area contributed by atoms with E-state index in [2.05, 4.69) is 9.97 Å². The number of nitrogens with one attached hydrogen (secondary N) is 1. The molecular weight excluding hydrogens is 416 g/mol. The third-order valence-corrected chi connectivity index (χ3v) is 6.92. The number of imidazole rings is 1. The van der Waals surface area contributed by atoms with Gasteiger partial charge in [-0.15, -0.1) is 0 Å². The van der Waals surface area contributed by atoms with Gasteiger partial charge in [-0.2, -0.15) is 0 Å². The first-order valence-electron chi connectivity index (χ1n) is 9.98. The predicted molar refractivity (Wildman–Crippen MR) is 118 cm³/mol. The molecule has 2 heterocycles. The van der Waals surface area contributed by atoms with Crippen LogP contribution in [0.15, 0.2) is 53.4 Å². The summed E-state index contributed by atoms with van der Waals surface area (Å²) in [6.07, 6.45) is 0.853. The lowest BCUT2D eigenvalue weighted by molar-refractivity contribution is 0.0452. The van der Waals surface area contributed by atoms with Crippen LogP contribution in [-0.2, 0) is 27.9 Å². The first-order valence-corrected chi connectivity index (χ1v) is 11.4. The van der Waals surface area contributed by atoms with Crippen LogP contribution in [0.2, 0.25) is 0 Å².